The van der Waals surface area contributed by atoms with Crippen molar-refractivity contribution in [1.29, 1.82) is 0 Å². The van der Waals surface area contributed by atoms with Gasteiger partial charge in [-0.05, 0) is 204 Å². The first-order valence-electron chi connectivity index (χ1n) is 33.1. The molecule has 10 aromatic rings. The molecular formula is C86H108F2HfN2O4-2. The van der Waals surface area contributed by atoms with Crippen molar-refractivity contribution in [2.24, 2.45) is 10.8 Å². The maximum atomic E-state index is 16.2. The van der Waals surface area contributed by atoms with Crippen LogP contribution in [0, 0.1) is 37.3 Å². The molecule has 8 aromatic carbocycles. The molecule has 2 aromatic heterocycles. The van der Waals surface area contributed by atoms with Gasteiger partial charge in [-0.3, -0.25) is 0 Å². The number of aliphatic hydroxyl groups is 2. The quantitative estimate of drug-likeness (QED) is 0.0725. The van der Waals surface area contributed by atoms with Crippen molar-refractivity contribution in [1.82, 2.24) is 9.13 Å². The molecule has 0 aliphatic carbocycles. The van der Waals surface area contributed by atoms with E-state index in [0.29, 0.717) is 57.6 Å². The molecule has 0 aliphatic heterocycles. The van der Waals surface area contributed by atoms with Gasteiger partial charge < -0.3 is 44.4 Å². The molecule has 0 saturated heterocycles. The van der Waals surface area contributed by atoms with Gasteiger partial charge in [0.1, 0.15) is 23.1 Å². The van der Waals surface area contributed by atoms with Crippen LogP contribution in [-0.4, -0.2) is 29.6 Å². The van der Waals surface area contributed by atoms with E-state index in [1.807, 2.05) is 12.1 Å². The minimum Gasteiger partial charge on any atom is -0.505 e. The molecule has 0 radical (unpaired) electrons. The molecule has 0 bridgehead atoms. The van der Waals surface area contributed by atoms with Gasteiger partial charge in [0.05, 0.1) is 45.1 Å². The average molecular weight is 1450 g/mol. The van der Waals surface area contributed by atoms with Crippen molar-refractivity contribution in [3.05, 3.63) is 204 Å². The normalized spacial score (nSPS) is 14.1. The van der Waals surface area contributed by atoms with Crippen LogP contribution in [0.15, 0.2) is 133 Å². The van der Waals surface area contributed by atoms with Crippen molar-refractivity contribution >= 4 is 43.6 Å². The Morgan fingerprint density at radius 3 is 1.02 bits per heavy atom. The van der Waals surface area contributed by atoms with Crippen LogP contribution in [0.1, 0.15) is 229 Å². The second kappa shape index (κ2) is 25.8. The summed E-state index contributed by atoms with van der Waals surface area (Å²) in [7, 11) is 0. The third-order valence-corrected chi connectivity index (χ3v) is 19.2. The Hall–Kier alpha value is -6.39. The predicted octanol–water partition coefficient (Wildman–Crippen LogP) is 23.8. The summed E-state index contributed by atoms with van der Waals surface area (Å²) in [4.78, 5) is 0. The zero-order valence-corrected chi connectivity index (χ0v) is 65.4. The Balaban J connectivity index is 0.00000425. The summed E-state index contributed by atoms with van der Waals surface area (Å²) in [6.07, 6.45) is -0.668. The number of hydrogen-bond donors (Lipinski definition) is 4. The van der Waals surface area contributed by atoms with E-state index in [0.717, 1.165) is 65.9 Å². The van der Waals surface area contributed by atoms with E-state index in [2.05, 4.69) is 234 Å². The van der Waals surface area contributed by atoms with Crippen molar-refractivity contribution in [2.75, 3.05) is 0 Å². The first-order valence-corrected chi connectivity index (χ1v) is 33.1. The molecule has 10 rings (SSSR count). The summed E-state index contributed by atoms with van der Waals surface area (Å²) in [6, 6.07) is 42.6. The molecule has 4 N–H and O–H groups in total. The average Bonchev–Trinajstić information content (AvgIpc) is 1.70. The zero-order valence-electron chi connectivity index (χ0n) is 61.8. The monoisotopic (exact) mass is 1450 g/mol. The molecule has 0 spiro atoms. The fourth-order valence-corrected chi connectivity index (χ4v) is 15.4. The molecule has 2 atom stereocenters. The molecule has 506 valence electrons. The third kappa shape index (κ3) is 14.8. The molecule has 0 amide bonds. The first kappa shape index (κ1) is 76.0. The number of phenols is 2. The number of aromatic hydroxyl groups is 2. The number of nitrogens with zero attached hydrogens (tertiary/aromatic N) is 2. The molecule has 95 heavy (non-hydrogen) atoms. The second-order valence-electron chi connectivity index (χ2n) is 35.0. The minimum atomic E-state index is -2.02. The molecule has 6 nitrogen and oxygen atoms in total. The zero-order chi connectivity index (χ0) is 67.9. The first-order chi connectivity index (χ1) is 42.2. The van der Waals surface area contributed by atoms with E-state index in [-0.39, 0.29) is 102 Å². The number of fused-ring (bicyclic) bond motifs is 6. The fourth-order valence-electron chi connectivity index (χ4n) is 15.4. The topological polar surface area (TPSA) is 90.8 Å². The van der Waals surface area contributed by atoms with Gasteiger partial charge in [0.2, 0.25) is 0 Å². The van der Waals surface area contributed by atoms with Crippen molar-refractivity contribution < 1.29 is 55.1 Å². The summed E-state index contributed by atoms with van der Waals surface area (Å²) in [5, 5.41) is 59.6. The summed E-state index contributed by atoms with van der Waals surface area (Å²) >= 11 is 0. The van der Waals surface area contributed by atoms with Crippen LogP contribution in [0.2, 0.25) is 0 Å². The van der Waals surface area contributed by atoms with Crippen molar-refractivity contribution in [3.63, 3.8) is 0 Å². The van der Waals surface area contributed by atoms with Gasteiger partial charge in [-0.15, -0.1) is 0 Å². The molecule has 0 fully saturated rings. The number of aromatic nitrogens is 2. The summed E-state index contributed by atoms with van der Waals surface area (Å²) in [6.45, 7) is 49.9. The number of benzene rings is 8. The van der Waals surface area contributed by atoms with Gasteiger partial charge >= 0.3 is 0 Å². The van der Waals surface area contributed by atoms with E-state index >= 15 is 8.78 Å². The maximum Gasteiger partial charge on any atom is 0.147 e. The van der Waals surface area contributed by atoms with Crippen LogP contribution >= 0.6 is 0 Å². The van der Waals surface area contributed by atoms with Crippen LogP contribution in [0.3, 0.4) is 0 Å². The van der Waals surface area contributed by atoms with Gasteiger partial charge in [0.15, 0.2) is 0 Å². The van der Waals surface area contributed by atoms with E-state index in [1.54, 1.807) is 31.2 Å². The number of phenolic OH excluding ortho intramolecular Hbond substituents is 2. The van der Waals surface area contributed by atoms with Gasteiger partial charge in [0, 0.05) is 64.9 Å². The van der Waals surface area contributed by atoms with Crippen molar-refractivity contribution in [2.45, 2.75) is 223 Å². The molecule has 2 unspecified atom stereocenters. The second-order valence-corrected chi connectivity index (χ2v) is 35.0. The smallest absolute Gasteiger partial charge is 0.147 e. The molecule has 2 heterocycles. The number of halogens is 2. The Kier molecular flexibility index (Phi) is 20.6. The van der Waals surface area contributed by atoms with Gasteiger partial charge in [-0.2, -0.15) is 0 Å². The van der Waals surface area contributed by atoms with Crippen LogP contribution in [0.4, 0.5) is 8.78 Å². The number of rotatable bonds is 12. The molecule has 9 heteroatoms. The maximum absolute atomic E-state index is 16.2. The Morgan fingerprint density at radius 2 is 0.705 bits per heavy atom. The number of hydrogen-bond acceptors (Lipinski definition) is 4. The molecular weight excluding hydrogens is 1340 g/mol. The van der Waals surface area contributed by atoms with Crippen LogP contribution in [0.5, 0.6) is 11.5 Å². The molecule has 0 aliphatic rings. The van der Waals surface area contributed by atoms with E-state index in [1.165, 1.54) is 24.3 Å². The Morgan fingerprint density at radius 1 is 0.400 bits per heavy atom. The standard InChI is InChI=1S/C84H102F2N2O4.2CH3.Hf/c1-76(2,3)47-82(19,20)61-44-67(87-63-34-30-51(78(7,8)9)40-57(63)58-41-52(79(10,11)12)31-35-64(58)87)74(90)70(49-26-24-28-55(85)38-49)72(61)69(89)46-84(23,92)73-62(83(21,22)48-77(4,5)6)45-68(75(91)71(73)50-27-25-29-56(86)39-50)88-65-36-32-53(80(13,14)15)42-59(65)60-43-54(81(16,17)18)33-37-66(60)88;;;/h24-45,69,89-92H,46-48H2,1-23H3;2*1H3;/q;2*-1;. The fraction of sp³-hybridized carbons (Fsp3) is 0.419. The van der Waals surface area contributed by atoms with Crippen LogP contribution in [-0.2, 0) is 63.9 Å². The third-order valence-electron chi connectivity index (χ3n) is 19.2. The van der Waals surface area contributed by atoms with Crippen LogP contribution in [0.25, 0.3) is 77.2 Å². The largest absolute Gasteiger partial charge is 0.505 e. The molecule has 0 saturated carbocycles. The SMILES string of the molecule is CC(C)(C)CC(C)(C)c1cc(-n2c3ccc(C(C)(C)C)cc3c3cc(C(C)(C)C)ccc32)c(O)c(-c2cccc(F)c2)c1C(O)CC(C)(O)c1c(C(C)(C)CC(C)(C)C)cc(-n2c3ccc(C(C)(C)C)cc3c3cc(C(C)(C)C)ccc32)c(O)c1-c1cccc(F)c1.[CH3-].[CH3-].[Hf]. The van der Waals surface area contributed by atoms with Gasteiger partial charge in [-0.25, -0.2) is 8.78 Å². The van der Waals surface area contributed by atoms with E-state index in [9.17, 15) is 20.4 Å². The summed E-state index contributed by atoms with van der Waals surface area (Å²) < 4.78 is 36.6. The van der Waals surface area contributed by atoms with E-state index in [4.69, 9.17) is 0 Å². The Labute approximate surface area is 587 Å². The predicted molar refractivity (Wildman–Crippen MR) is 397 cm³/mol. The summed E-state index contributed by atoms with van der Waals surface area (Å²) in [5.41, 5.74) is 7.66. The van der Waals surface area contributed by atoms with Gasteiger partial charge in [0.25, 0.3) is 0 Å². The minimum absolute atomic E-state index is 0. The summed E-state index contributed by atoms with van der Waals surface area (Å²) in [5.74, 6) is -1.38. The number of aliphatic hydroxyl groups excluding tert-OH is 1. The van der Waals surface area contributed by atoms with Gasteiger partial charge in [-0.1, -0.05) is 201 Å². The van der Waals surface area contributed by atoms with Crippen molar-refractivity contribution in [3.8, 4) is 45.1 Å². The van der Waals surface area contributed by atoms with E-state index < -0.39 is 34.2 Å². The van der Waals surface area contributed by atoms with Crippen LogP contribution < -0.4 is 0 Å². The Bertz CT molecular complexity index is 4390.